The molecule has 1 aromatic heterocycles. The molecule has 0 unspecified atom stereocenters. The Morgan fingerprint density at radius 3 is 1.78 bits per heavy atom. The van der Waals surface area contributed by atoms with Crippen molar-refractivity contribution >= 4 is 10.9 Å². The van der Waals surface area contributed by atoms with Gasteiger partial charge in [0.15, 0.2) is 0 Å². The predicted molar refractivity (Wildman–Crippen MR) is 123 cm³/mol. The standard InChI is InChI=1S/C28H18F3N/c29-28(30,31)25-15-12-20(13-16-25)19-8-10-21(11-9-19)23-5-3-6-24(18-23)27-17-14-22-4-1-2-7-26(22)32-27/h1-18H. The summed E-state index contributed by atoms with van der Waals surface area (Å²) in [6, 6.07) is 33.4. The SMILES string of the molecule is FC(F)(F)c1ccc(-c2ccc(-c3cccc(-c4ccc5ccccc5n4)c3)cc2)cc1. The van der Waals surface area contributed by atoms with Gasteiger partial charge >= 0.3 is 6.18 Å². The summed E-state index contributed by atoms with van der Waals surface area (Å²) in [5, 5.41) is 1.10. The average Bonchev–Trinajstić information content (AvgIpc) is 2.83. The third kappa shape index (κ3) is 4.00. The van der Waals surface area contributed by atoms with Gasteiger partial charge in [-0.3, -0.25) is 0 Å². The van der Waals surface area contributed by atoms with Crippen molar-refractivity contribution in [1.29, 1.82) is 0 Å². The Labute approximate surface area is 183 Å². The summed E-state index contributed by atoms with van der Waals surface area (Å²) in [4.78, 5) is 4.78. The number of alkyl halides is 3. The van der Waals surface area contributed by atoms with Crippen LogP contribution in [0.15, 0.2) is 109 Å². The average molecular weight is 425 g/mol. The zero-order valence-electron chi connectivity index (χ0n) is 17.0. The van der Waals surface area contributed by atoms with Gasteiger partial charge in [0, 0.05) is 10.9 Å². The fourth-order valence-electron chi connectivity index (χ4n) is 3.79. The quantitative estimate of drug-likeness (QED) is 0.284. The van der Waals surface area contributed by atoms with Gasteiger partial charge in [-0.2, -0.15) is 13.2 Å². The Hall–Kier alpha value is -3.92. The first kappa shape index (κ1) is 20.0. The van der Waals surface area contributed by atoms with E-state index in [4.69, 9.17) is 4.98 Å². The van der Waals surface area contributed by atoms with Gasteiger partial charge in [0.1, 0.15) is 0 Å². The topological polar surface area (TPSA) is 12.9 Å². The van der Waals surface area contributed by atoms with Crippen molar-refractivity contribution in [2.24, 2.45) is 0 Å². The molecule has 0 atom stereocenters. The molecule has 5 aromatic rings. The lowest BCUT2D eigenvalue weighted by Gasteiger charge is -2.09. The zero-order chi connectivity index (χ0) is 22.1. The summed E-state index contributed by atoms with van der Waals surface area (Å²) < 4.78 is 38.4. The molecular formula is C28H18F3N. The summed E-state index contributed by atoms with van der Waals surface area (Å²) in [6.45, 7) is 0. The fourth-order valence-corrected chi connectivity index (χ4v) is 3.79. The van der Waals surface area contributed by atoms with Gasteiger partial charge in [0.25, 0.3) is 0 Å². The molecule has 1 heterocycles. The molecule has 0 N–H and O–H groups in total. The molecule has 4 aromatic carbocycles. The van der Waals surface area contributed by atoms with Crippen LogP contribution < -0.4 is 0 Å². The highest BCUT2D eigenvalue weighted by Crippen LogP contribution is 2.32. The zero-order valence-corrected chi connectivity index (χ0v) is 17.0. The number of fused-ring (bicyclic) bond motifs is 1. The Bertz CT molecular complexity index is 1390. The number of aromatic nitrogens is 1. The summed E-state index contributed by atoms with van der Waals surface area (Å²) in [5.74, 6) is 0. The molecular weight excluding hydrogens is 407 g/mol. The van der Waals surface area contributed by atoms with Gasteiger partial charge in [-0.1, -0.05) is 78.9 Å². The van der Waals surface area contributed by atoms with Crippen molar-refractivity contribution in [2.75, 3.05) is 0 Å². The molecule has 0 spiro atoms. The van der Waals surface area contributed by atoms with E-state index >= 15 is 0 Å². The molecule has 1 nitrogen and oxygen atoms in total. The minimum atomic E-state index is -4.33. The van der Waals surface area contributed by atoms with Gasteiger partial charge < -0.3 is 0 Å². The van der Waals surface area contributed by atoms with Crippen molar-refractivity contribution in [2.45, 2.75) is 6.18 Å². The van der Waals surface area contributed by atoms with Gasteiger partial charge in [-0.25, -0.2) is 4.98 Å². The molecule has 0 aliphatic rings. The Morgan fingerprint density at radius 2 is 1.09 bits per heavy atom. The molecule has 0 aliphatic carbocycles. The second kappa shape index (κ2) is 7.97. The van der Waals surface area contributed by atoms with E-state index in [1.165, 1.54) is 12.1 Å². The van der Waals surface area contributed by atoms with Crippen LogP contribution in [0.5, 0.6) is 0 Å². The van der Waals surface area contributed by atoms with Crippen molar-refractivity contribution in [3.05, 3.63) is 115 Å². The number of rotatable bonds is 3. The first-order chi connectivity index (χ1) is 15.5. The van der Waals surface area contributed by atoms with Crippen LogP contribution in [-0.4, -0.2) is 4.98 Å². The molecule has 5 rings (SSSR count). The highest BCUT2D eigenvalue weighted by atomic mass is 19.4. The Balaban J connectivity index is 1.43. The second-order valence-corrected chi connectivity index (χ2v) is 7.62. The summed E-state index contributed by atoms with van der Waals surface area (Å²) in [7, 11) is 0. The number of nitrogens with zero attached hydrogens (tertiary/aromatic N) is 1. The summed E-state index contributed by atoms with van der Waals surface area (Å²) in [6.07, 6.45) is -4.33. The normalized spacial score (nSPS) is 11.6. The minimum Gasteiger partial charge on any atom is -0.248 e. The molecule has 0 bridgehead atoms. The first-order valence-electron chi connectivity index (χ1n) is 10.2. The van der Waals surface area contributed by atoms with Crippen LogP contribution in [0.1, 0.15) is 5.56 Å². The van der Waals surface area contributed by atoms with Crippen molar-refractivity contribution in [3.63, 3.8) is 0 Å². The number of hydrogen-bond acceptors (Lipinski definition) is 1. The van der Waals surface area contributed by atoms with E-state index in [0.717, 1.165) is 56.5 Å². The highest BCUT2D eigenvalue weighted by molar-refractivity contribution is 5.82. The fraction of sp³-hybridized carbons (Fsp3) is 0.0357. The lowest BCUT2D eigenvalue weighted by atomic mass is 9.98. The first-order valence-corrected chi connectivity index (χ1v) is 10.2. The lowest BCUT2D eigenvalue weighted by molar-refractivity contribution is -0.137. The lowest BCUT2D eigenvalue weighted by Crippen LogP contribution is -2.03. The highest BCUT2D eigenvalue weighted by Gasteiger charge is 2.29. The van der Waals surface area contributed by atoms with E-state index in [1.807, 2.05) is 72.8 Å². The monoisotopic (exact) mass is 425 g/mol. The van der Waals surface area contributed by atoms with Crippen molar-refractivity contribution in [3.8, 4) is 33.5 Å². The van der Waals surface area contributed by atoms with E-state index in [-0.39, 0.29) is 0 Å². The largest absolute Gasteiger partial charge is 0.416 e. The Morgan fingerprint density at radius 1 is 0.500 bits per heavy atom. The minimum absolute atomic E-state index is 0.642. The van der Waals surface area contributed by atoms with Gasteiger partial charge in [-0.05, 0) is 52.6 Å². The third-order valence-corrected chi connectivity index (χ3v) is 5.52. The maximum atomic E-state index is 12.8. The van der Waals surface area contributed by atoms with Crippen LogP contribution in [0.2, 0.25) is 0 Å². The molecule has 0 fully saturated rings. The number of halogens is 3. The maximum absolute atomic E-state index is 12.8. The maximum Gasteiger partial charge on any atom is 0.416 e. The summed E-state index contributed by atoms with van der Waals surface area (Å²) >= 11 is 0. The number of hydrogen-bond donors (Lipinski definition) is 0. The van der Waals surface area contributed by atoms with Gasteiger partial charge in [0.2, 0.25) is 0 Å². The van der Waals surface area contributed by atoms with Crippen molar-refractivity contribution in [1.82, 2.24) is 4.98 Å². The van der Waals surface area contributed by atoms with Crippen LogP contribution in [0.3, 0.4) is 0 Å². The van der Waals surface area contributed by atoms with Crippen molar-refractivity contribution < 1.29 is 13.2 Å². The van der Waals surface area contributed by atoms with E-state index in [2.05, 4.69) is 12.1 Å². The van der Waals surface area contributed by atoms with Crippen LogP contribution in [0.25, 0.3) is 44.4 Å². The smallest absolute Gasteiger partial charge is 0.248 e. The van der Waals surface area contributed by atoms with E-state index in [1.54, 1.807) is 0 Å². The van der Waals surface area contributed by atoms with Crippen LogP contribution >= 0.6 is 0 Å². The van der Waals surface area contributed by atoms with E-state index in [9.17, 15) is 13.2 Å². The Kier molecular flexibility index (Phi) is 4.98. The number of pyridine rings is 1. The summed E-state index contributed by atoms with van der Waals surface area (Å²) in [5.41, 5.74) is 5.95. The van der Waals surface area contributed by atoms with Crippen LogP contribution in [-0.2, 0) is 6.18 Å². The van der Waals surface area contributed by atoms with Gasteiger partial charge in [0.05, 0.1) is 16.8 Å². The van der Waals surface area contributed by atoms with E-state index in [0.29, 0.717) is 0 Å². The molecule has 4 heteroatoms. The van der Waals surface area contributed by atoms with Crippen LogP contribution in [0, 0.1) is 0 Å². The molecule has 32 heavy (non-hydrogen) atoms. The molecule has 0 saturated heterocycles. The number of para-hydroxylation sites is 1. The molecule has 0 amide bonds. The molecule has 156 valence electrons. The molecule has 0 saturated carbocycles. The molecule has 0 aliphatic heterocycles. The number of benzene rings is 4. The second-order valence-electron chi connectivity index (χ2n) is 7.62. The predicted octanol–water partition coefficient (Wildman–Crippen LogP) is 8.25. The van der Waals surface area contributed by atoms with Crippen LogP contribution in [0.4, 0.5) is 13.2 Å². The van der Waals surface area contributed by atoms with Gasteiger partial charge in [-0.15, -0.1) is 0 Å². The third-order valence-electron chi connectivity index (χ3n) is 5.52. The molecule has 0 radical (unpaired) electrons. The van der Waals surface area contributed by atoms with E-state index < -0.39 is 11.7 Å².